The third-order valence-corrected chi connectivity index (χ3v) is 2.73. The largest absolute Gasteiger partial charge is 0.473 e. The number of nitrogen functional groups attached to an aromatic ring is 1. The van der Waals surface area contributed by atoms with Gasteiger partial charge in [-0.3, -0.25) is 0 Å². The quantitative estimate of drug-likeness (QED) is 0.803. The zero-order chi connectivity index (χ0) is 15.3. The van der Waals surface area contributed by atoms with Crippen molar-refractivity contribution in [3.05, 3.63) is 12.1 Å². The van der Waals surface area contributed by atoms with Crippen molar-refractivity contribution in [3.8, 4) is 5.88 Å². The predicted molar refractivity (Wildman–Crippen MR) is 85.2 cm³/mol. The third kappa shape index (κ3) is 5.65. The number of rotatable bonds is 7. The van der Waals surface area contributed by atoms with Crippen LogP contribution in [0.2, 0.25) is 0 Å². The lowest BCUT2D eigenvalue weighted by Gasteiger charge is -2.28. The molecule has 0 bridgehead atoms. The van der Waals surface area contributed by atoms with E-state index in [-0.39, 0.29) is 11.5 Å². The lowest BCUT2D eigenvalue weighted by atomic mass is 9.93. The summed E-state index contributed by atoms with van der Waals surface area (Å²) >= 11 is 0. The van der Waals surface area contributed by atoms with Crippen molar-refractivity contribution in [2.45, 2.75) is 33.8 Å². The number of hydrogen-bond acceptors (Lipinski definition) is 5. The molecule has 0 atom stereocenters. The molecule has 5 nitrogen and oxygen atoms in total. The molecule has 1 aromatic heterocycles. The van der Waals surface area contributed by atoms with E-state index in [9.17, 15) is 0 Å². The van der Waals surface area contributed by atoms with E-state index in [0.717, 1.165) is 18.9 Å². The van der Waals surface area contributed by atoms with E-state index in [4.69, 9.17) is 10.5 Å². The maximum atomic E-state index is 5.86. The molecule has 114 valence electrons. The SMILES string of the molecule is CC(C)Oc1nc(NCC(C)(C)CN(C)C)ccc1N. The first-order valence-corrected chi connectivity index (χ1v) is 7.01. The van der Waals surface area contributed by atoms with Gasteiger partial charge in [0.25, 0.3) is 0 Å². The highest BCUT2D eigenvalue weighted by Crippen LogP contribution is 2.23. The first-order valence-electron chi connectivity index (χ1n) is 7.01. The molecule has 0 aromatic carbocycles. The molecule has 0 aliphatic heterocycles. The van der Waals surface area contributed by atoms with Gasteiger partial charge in [0.05, 0.1) is 11.8 Å². The summed E-state index contributed by atoms with van der Waals surface area (Å²) in [6.45, 7) is 10.2. The normalized spacial score (nSPS) is 12.0. The van der Waals surface area contributed by atoms with Gasteiger partial charge in [0, 0.05) is 13.1 Å². The Balaban J connectivity index is 2.69. The van der Waals surface area contributed by atoms with Crippen molar-refractivity contribution < 1.29 is 4.74 Å². The minimum Gasteiger partial charge on any atom is -0.473 e. The average molecular weight is 280 g/mol. The van der Waals surface area contributed by atoms with Crippen LogP contribution in [0.3, 0.4) is 0 Å². The number of nitrogens with one attached hydrogen (secondary N) is 1. The number of hydrogen-bond donors (Lipinski definition) is 2. The monoisotopic (exact) mass is 280 g/mol. The topological polar surface area (TPSA) is 63.4 Å². The molecule has 1 aromatic rings. The van der Waals surface area contributed by atoms with Crippen LogP contribution >= 0.6 is 0 Å². The maximum absolute atomic E-state index is 5.86. The summed E-state index contributed by atoms with van der Waals surface area (Å²) in [4.78, 5) is 6.61. The highest BCUT2D eigenvalue weighted by molar-refractivity contribution is 5.53. The number of ether oxygens (including phenoxy) is 1. The molecular weight excluding hydrogens is 252 g/mol. The predicted octanol–water partition coefficient (Wildman–Crippen LogP) is 2.45. The second-order valence-corrected chi connectivity index (χ2v) is 6.51. The minimum absolute atomic E-state index is 0.0604. The minimum atomic E-state index is 0.0604. The van der Waals surface area contributed by atoms with E-state index in [0.29, 0.717) is 11.6 Å². The molecule has 0 aliphatic rings. The van der Waals surface area contributed by atoms with E-state index < -0.39 is 0 Å². The van der Waals surface area contributed by atoms with Gasteiger partial charge in [-0.15, -0.1) is 0 Å². The summed E-state index contributed by atoms with van der Waals surface area (Å²) in [6.07, 6.45) is 0.0604. The number of nitrogens with zero attached hydrogens (tertiary/aromatic N) is 2. The Hall–Kier alpha value is -1.49. The second-order valence-electron chi connectivity index (χ2n) is 6.51. The zero-order valence-electron chi connectivity index (χ0n) is 13.5. The van der Waals surface area contributed by atoms with E-state index in [1.54, 1.807) is 0 Å². The second kappa shape index (κ2) is 6.79. The van der Waals surface area contributed by atoms with Gasteiger partial charge in [-0.2, -0.15) is 4.98 Å². The summed E-state index contributed by atoms with van der Waals surface area (Å²) < 4.78 is 5.60. The summed E-state index contributed by atoms with van der Waals surface area (Å²) in [5.74, 6) is 1.29. The Kier molecular flexibility index (Phi) is 5.62. The van der Waals surface area contributed by atoms with E-state index in [2.05, 4.69) is 43.1 Å². The van der Waals surface area contributed by atoms with Crippen LogP contribution in [0.25, 0.3) is 0 Å². The van der Waals surface area contributed by atoms with Crippen LogP contribution < -0.4 is 15.8 Å². The van der Waals surface area contributed by atoms with Crippen LogP contribution in [0.4, 0.5) is 11.5 Å². The molecule has 0 fully saturated rings. The van der Waals surface area contributed by atoms with Gasteiger partial charge >= 0.3 is 0 Å². The molecule has 0 unspecified atom stereocenters. The summed E-state index contributed by atoms with van der Waals surface area (Å²) in [7, 11) is 4.16. The molecule has 1 rings (SSSR count). The molecule has 20 heavy (non-hydrogen) atoms. The van der Waals surface area contributed by atoms with E-state index in [1.807, 2.05) is 26.0 Å². The molecule has 5 heteroatoms. The van der Waals surface area contributed by atoms with Gasteiger partial charge in [-0.25, -0.2) is 0 Å². The van der Waals surface area contributed by atoms with Crippen LogP contribution in [0.15, 0.2) is 12.1 Å². The molecule has 0 amide bonds. The average Bonchev–Trinajstić information content (AvgIpc) is 2.28. The number of nitrogens with two attached hydrogens (primary N) is 1. The maximum Gasteiger partial charge on any atom is 0.239 e. The Bertz CT molecular complexity index is 430. The van der Waals surface area contributed by atoms with Crippen LogP contribution in [0.5, 0.6) is 5.88 Å². The summed E-state index contributed by atoms with van der Waals surface area (Å²) in [5, 5.41) is 3.36. The highest BCUT2D eigenvalue weighted by atomic mass is 16.5. The van der Waals surface area contributed by atoms with Crippen LogP contribution in [-0.2, 0) is 0 Å². The highest BCUT2D eigenvalue weighted by Gasteiger charge is 2.19. The lowest BCUT2D eigenvalue weighted by Crippen LogP contribution is -2.34. The van der Waals surface area contributed by atoms with Gasteiger partial charge in [0.15, 0.2) is 0 Å². The third-order valence-electron chi connectivity index (χ3n) is 2.73. The first-order chi connectivity index (χ1) is 9.19. The molecule has 0 aliphatic carbocycles. The summed E-state index contributed by atoms with van der Waals surface area (Å²) in [6, 6.07) is 3.71. The van der Waals surface area contributed by atoms with Crippen molar-refractivity contribution in [1.82, 2.24) is 9.88 Å². The van der Waals surface area contributed by atoms with Gasteiger partial charge in [-0.05, 0) is 45.5 Å². The van der Waals surface area contributed by atoms with Crippen LogP contribution in [0, 0.1) is 5.41 Å². The smallest absolute Gasteiger partial charge is 0.239 e. The van der Waals surface area contributed by atoms with E-state index in [1.165, 1.54) is 0 Å². The van der Waals surface area contributed by atoms with Gasteiger partial charge < -0.3 is 20.7 Å². The van der Waals surface area contributed by atoms with Crippen molar-refractivity contribution in [2.75, 3.05) is 38.2 Å². The van der Waals surface area contributed by atoms with Gasteiger partial charge in [-0.1, -0.05) is 13.8 Å². The van der Waals surface area contributed by atoms with Crippen molar-refractivity contribution in [3.63, 3.8) is 0 Å². The van der Waals surface area contributed by atoms with Gasteiger partial charge in [0.2, 0.25) is 5.88 Å². The number of aromatic nitrogens is 1. The van der Waals surface area contributed by atoms with Crippen molar-refractivity contribution >= 4 is 11.5 Å². The lowest BCUT2D eigenvalue weighted by molar-refractivity contribution is 0.234. The number of anilines is 2. The summed E-state index contributed by atoms with van der Waals surface area (Å²) in [5.41, 5.74) is 6.59. The Morgan fingerprint density at radius 3 is 2.55 bits per heavy atom. The fraction of sp³-hybridized carbons (Fsp3) is 0.667. The molecule has 3 N–H and O–H groups in total. The number of pyridine rings is 1. The van der Waals surface area contributed by atoms with Crippen molar-refractivity contribution in [2.24, 2.45) is 5.41 Å². The fourth-order valence-electron chi connectivity index (χ4n) is 2.11. The Morgan fingerprint density at radius 1 is 1.35 bits per heavy atom. The first kappa shape index (κ1) is 16.6. The van der Waals surface area contributed by atoms with E-state index >= 15 is 0 Å². The van der Waals surface area contributed by atoms with Crippen molar-refractivity contribution in [1.29, 1.82) is 0 Å². The van der Waals surface area contributed by atoms with Gasteiger partial charge in [0.1, 0.15) is 5.82 Å². The molecule has 0 saturated carbocycles. The zero-order valence-corrected chi connectivity index (χ0v) is 13.5. The molecule has 0 radical (unpaired) electrons. The Labute approximate surface area is 122 Å². The molecule has 0 spiro atoms. The molecular formula is C15H28N4O. The molecule has 1 heterocycles. The van der Waals surface area contributed by atoms with Crippen LogP contribution in [-0.4, -0.2) is 43.2 Å². The fourth-order valence-corrected chi connectivity index (χ4v) is 2.11. The standard InChI is InChI=1S/C15H28N4O/c1-11(2)20-14-12(16)7-8-13(18-14)17-9-15(3,4)10-19(5)6/h7-8,11H,9-10,16H2,1-6H3,(H,17,18). The molecule has 0 saturated heterocycles. The van der Waals surface area contributed by atoms with Crippen LogP contribution in [0.1, 0.15) is 27.7 Å². The Morgan fingerprint density at radius 2 is 2.00 bits per heavy atom.